The summed E-state index contributed by atoms with van der Waals surface area (Å²) in [6, 6.07) is 1.93. The van der Waals surface area contributed by atoms with Crippen LogP contribution >= 0.6 is 11.3 Å². The van der Waals surface area contributed by atoms with Crippen molar-refractivity contribution in [1.82, 2.24) is 0 Å². The lowest BCUT2D eigenvalue weighted by Crippen LogP contribution is -2.22. The van der Waals surface area contributed by atoms with Gasteiger partial charge in [0.05, 0.1) is 12.2 Å². The number of nitrogens with two attached hydrogens (primary N) is 1. The largest absolute Gasteiger partial charge is 0.462 e. The standard InChI is InChI=1S/C14H16N2O5S/c1-2-19-14(18)11-9(8(6-15)12(16)22-11)7-21-13(17)10-4-3-5-20-10/h10H,2-5,7,16H2,1H3/t10-/m0/s1. The highest BCUT2D eigenvalue weighted by molar-refractivity contribution is 7.18. The zero-order valence-electron chi connectivity index (χ0n) is 12.1. The number of hydrogen-bond acceptors (Lipinski definition) is 8. The van der Waals surface area contributed by atoms with E-state index in [-0.39, 0.29) is 34.2 Å². The van der Waals surface area contributed by atoms with E-state index in [1.54, 1.807) is 6.92 Å². The number of hydrogen-bond donors (Lipinski definition) is 1. The number of rotatable bonds is 5. The SMILES string of the molecule is CCOC(=O)c1sc(N)c(C#N)c1COC(=O)[C@@H]1CCCO1. The van der Waals surface area contributed by atoms with E-state index in [0.717, 1.165) is 17.8 Å². The number of thiophene rings is 1. The molecule has 22 heavy (non-hydrogen) atoms. The topological polar surface area (TPSA) is 112 Å². The summed E-state index contributed by atoms with van der Waals surface area (Å²) in [4.78, 5) is 24.0. The monoisotopic (exact) mass is 324 g/mol. The average Bonchev–Trinajstić information content (AvgIpc) is 3.12. The number of nitrogens with zero attached hydrogens (tertiary/aromatic N) is 1. The maximum Gasteiger partial charge on any atom is 0.348 e. The van der Waals surface area contributed by atoms with Gasteiger partial charge in [-0.1, -0.05) is 0 Å². The number of esters is 2. The summed E-state index contributed by atoms with van der Waals surface area (Å²) in [5.41, 5.74) is 6.17. The zero-order chi connectivity index (χ0) is 16.1. The Kier molecular flexibility index (Phi) is 5.35. The van der Waals surface area contributed by atoms with Gasteiger partial charge in [-0.15, -0.1) is 11.3 Å². The van der Waals surface area contributed by atoms with Crippen molar-refractivity contribution in [3.05, 3.63) is 16.0 Å². The van der Waals surface area contributed by atoms with Crippen LogP contribution in [0.2, 0.25) is 0 Å². The Balaban J connectivity index is 2.15. The summed E-state index contributed by atoms with van der Waals surface area (Å²) in [7, 11) is 0. The molecule has 7 nitrogen and oxygen atoms in total. The fourth-order valence-corrected chi connectivity index (χ4v) is 3.02. The van der Waals surface area contributed by atoms with Crippen LogP contribution in [0.1, 0.15) is 40.6 Å². The summed E-state index contributed by atoms with van der Waals surface area (Å²) in [6.45, 7) is 2.21. The summed E-state index contributed by atoms with van der Waals surface area (Å²) in [5, 5.41) is 9.36. The van der Waals surface area contributed by atoms with Crippen molar-refractivity contribution in [2.24, 2.45) is 0 Å². The molecule has 0 bridgehead atoms. The van der Waals surface area contributed by atoms with Crippen LogP contribution in [0, 0.1) is 11.3 Å². The molecule has 1 aromatic rings. The third kappa shape index (κ3) is 3.37. The van der Waals surface area contributed by atoms with Gasteiger partial charge in [-0.25, -0.2) is 9.59 Å². The van der Waals surface area contributed by atoms with Gasteiger partial charge in [0.25, 0.3) is 0 Å². The molecule has 0 unspecified atom stereocenters. The predicted octanol–water partition coefficient (Wildman–Crippen LogP) is 1.60. The van der Waals surface area contributed by atoms with E-state index in [4.69, 9.17) is 25.2 Å². The molecule has 2 heterocycles. The van der Waals surface area contributed by atoms with Crippen LogP contribution in [0.4, 0.5) is 5.00 Å². The Labute approximate surface area is 131 Å². The highest BCUT2D eigenvalue weighted by atomic mass is 32.1. The smallest absolute Gasteiger partial charge is 0.348 e. The van der Waals surface area contributed by atoms with E-state index in [2.05, 4.69) is 0 Å². The van der Waals surface area contributed by atoms with Crippen LogP contribution in [-0.2, 0) is 25.6 Å². The van der Waals surface area contributed by atoms with E-state index < -0.39 is 18.0 Å². The number of carbonyl (C=O) groups is 2. The van der Waals surface area contributed by atoms with Crippen LogP contribution in [0.3, 0.4) is 0 Å². The quantitative estimate of drug-likeness (QED) is 0.819. The molecular weight excluding hydrogens is 308 g/mol. The summed E-state index contributed by atoms with van der Waals surface area (Å²) in [6.07, 6.45) is 0.843. The van der Waals surface area contributed by atoms with E-state index in [1.807, 2.05) is 6.07 Å². The van der Waals surface area contributed by atoms with Gasteiger partial charge in [0.1, 0.15) is 22.6 Å². The first-order valence-corrected chi connectivity index (χ1v) is 7.66. The molecule has 1 atom stereocenters. The molecule has 1 fully saturated rings. The first-order chi connectivity index (χ1) is 10.6. The molecule has 1 saturated heterocycles. The number of nitriles is 1. The predicted molar refractivity (Wildman–Crippen MR) is 78.2 cm³/mol. The number of anilines is 1. The van der Waals surface area contributed by atoms with Gasteiger partial charge in [-0.2, -0.15) is 5.26 Å². The van der Waals surface area contributed by atoms with Gasteiger partial charge in [0.2, 0.25) is 0 Å². The normalized spacial score (nSPS) is 17.0. The van der Waals surface area contributed by atoms with Crippen LogP contribution in [-0.4, -0.2) is 31.3 Å². The second kappa shape index (κ2) is 7.24. The third-order valence-electron chi connectivity index (χ3n) is 3.16. The molecule has 0 amide bonds. The van der Waals surface area contributed by atoms with Gasteiger partial charge >= 0.3 is 11.9 Å². The van der Waals surface area contributed by atoms with Crippen molar-refractivity contribution in [1.29, 1.82) is 5.26 Å². The Morgan fingerprint density at radius 3 is 2.86 bits per heavy atom. The van der Waals surface area contributed by atoms with Crippen LogP contribution < -0.4 is 5.73 Å². The lowest BCUT2D eigenvalue weighted by molar-refractivity contribution is -0.155. The zero-order valence-corrected chi connectivity index (χ0v) is 12.9. The average molecular weight is 324 g/mol. The van der Waals surface area contributed by atoms with Crippen molar-refractivity contribution in [3.8, 4) is 6.07 Å². The maximum absolute atomic E-state index is 11.9. The minimum Gasteiger partial charge on any atom is -0.462 e. The Morgan fingerprint density at radius 2 is 2.27 bits per heavy atom. The lowest BCUT2D eigenvalue weighted by Gasteiger charge is -2.10. The number of nitrogen functional groups attached to an aromatic ring is 1. The maximum atomic E-state index is 11.9. The highest BCUT2D eigenvalue weighted by Gasteiger charge is 2.28. The van der Waals surface area contributed by atoms with Crippen molar-refractivity contribution in [3.63, 3.8) is 0 Å². The van der Waals surface area contributed by atoms with E-state index >= 15 is 0 Å². The van der Waals surface area contributed by atoms with Gasteiger partial charge < -0.3 is 19.9 Å². The Morgan fingerprint density at radius 1 is 1.50 bits per heavy atom. The molecule has 1 aromatic heterocycles. The molecule has 118 valence electrons. The molecular formula is C14H16N2O5S. The lowest BCUT2D eigenvalue weighted by atomic mass is 10.1. The summed E-state index contributed by atoms with van der Waals surface area (Å²) >= 11 is 0.956. The van der Waals surface area contributed by atoms with Gasteiger partial charge in [0, 0.05) is 12.2 Å². The molecule has 0 spiro atoms. The second-order valence-corrected chi connectivity index (χ2v) is 5.64. The molecule has 0 saturated carbocycles. The molecule has 0 aliphatic carbocycles. The van der Waals surface area contributed by atoms with Crippen molar-refractivity contribution < 1.29 is 23.8 Å². The number of carbonyl (C=O) groups excluding carboxylic acids is 2. The Hall–Kier alpha value is -2.11. The minimum atomic E-state index is -0.580. The molecule has 0 aromatic carbocycles. The molecule has 8 heteroatoms. The molecule has 2 rings (SSSR count). The van der Waals surface area contributed by atoms with E-state index in [1.165, 1.54) is 0 Å². The molecule has 0 radical (unpaired) electrons. The molecule has 2 N–H and O–H groups in total. The summed E-state index contributed by atoms with van der Waals surface area (Å²) in [5.74, 6) is -1.08. The van der Waals surface area contributed by atoms with Gasteiger partial charge in [0.15, 0.2) is 6.10 Å². The first kappa shape index (κ1) is 16.3. The van der Waals surface area contributed by atoms with E-state index in [9.17, 15) is 9.59 Å². The van der Waals surface area contributed by atoms with Crippen molar-refractivity contribution in [2.45, 2.75) is 32.5 Å². The van der Waals surface area contributed by atoms with Crippen molar-refractivity contribution >= 4 is 28.3 Å². The van der Waals surface area contributed by atoms with Crippen LogP contribution in [0.5, 0.6) is 0 Å². The van der Waals surface area contributed by atoms with E-state index in [0.29, 0.717) is 13.0 Å². The third-order valence-corrected chi connectivity index (χ3v) is 4.20. The Bertz CT molecular complexity index is 613. The number of ether oxygens (including phenoxy) is 3. The molecule has 1 aliphatic heterocycles. The van der Waals surface area contributed by atoms with Crippen LogP contribution in [0.15, 0.2) is 0 Å². The second-order valence-electron chi connectivity index (χ2n) is 4.59. The van der Waals surface area contributed by atoms with Gasteiger partial charge in [-0.3, -0.25) is 0 Å². The summed E-state index contributed by atoms with van der Waals surface area (Å²) < 4.78 is 15.3. The fourth-order valence-electron chi connectivity index (χ4n) is 2.11. The fraction of sp³-hybridized carbons (Fsp3) is 0.500. The minimum absolute atomic E-state index is 0.146. The molecule has 1 aliphatic rings. The van der Waals surface area contributed by atoms with Crippen LogP contribution in [0.25, 0.3) is 0 Å². The first-order valence-electron chi connectivity index (χ1n) is 6.85. The van der Waals surface area contributed by atoms with Gasteiger partial charge in [-0.05, 0) is 19.8 Å². The van der Waals surface area contributed by atoms with Crippen molar-refractivity contribution in [2.75, 3.05) is 18.9 Å². The highest BCUT2D eigenvalue weighted by Crippen LogP contribution is 2.32.